The molecule has 152 valence electrons. The van der Waals surface area contributed by atoms with Crippen molar-refractivity contribution in [3.63, 3.8) is 0 Å². The molecule has 0 fully saturated rings. The van der Waals surface area contributed by atoms with Crippen LogP contribution in [-0.2, 0) is 11.2 Å². The molecule has 3 rings (SSSR count). The number of aromatic nitrogens is 1. The van der Waals surface area contributed by atoms with Crippen molar-refractivity contribution in [3.05, 3.63) is 47.3 Å². The van der Waals surface area contributed by atoms with E-state index in [-0.39, 0.29) is 12.3 Å². The van der Waals surface area contributed by atoms with Crippen molar-refractivity contribution < 1.29 is 23.7 Å². The fourth-order valence-corrected chi connectivity index (χ4v) is 3.53. The lowest BCUT2D eigenvalue weighted by Gasteiger charge is -2.10. The number of ether oxygens (including phenoxy) is 4. The van der Waals surface area contributed by atoms with Crippen LogP contribution in [0.25, 0.3) is 11.3 Å². The molecule has 0 radical (unpaired) electrons. The predicted molar refractivity (Wildman–Crippen MR) is 113 cm³/mol. The van der Waals surface area contributed by atoms with Crippen molar-refractivity contribution >= 4 is 22.4 Å². The van der Waals surface area contributed by atoms with Crippen LogP contribution in [0.3, 0.4) is 0 Å². The van der Waals surface area contributed by atoms with Crippen LogP contribution in [0.4, 0.5) is 5.13 Å². The quantitative estimate of drug-likeness (QED) is 0.600. The smallest absolute Gasteiger partial charge is 0.230 e. The summed E-state index contributed by atoms with van der Waals surface area (Å²) >= 11 is 1.36. The third-order valence-electron chi connectivity index (χ3n) is 4.28. The maximum atomic E-state index is 12.5. The molecule has 8 heteroatoms. The zero-order valence-corrected chi connectivity index (χ0v) is 17.5. The monoisotopic (exact) mass is 414 g/mol. The Labute approximate surface area is 173 Å². The van der Waals surface area contributed by atoms with Gasteiger partial charge in [-0.1, -0.05) is 6.07 Å². The molecule has 2 aromatic carbocycles. The third-order valence-corrected chi connectivity index (χ3v) is 5.03. The van der Waals surface area contributed by atoms with Gasteiger partial charge in [0.15, 0.2) is 16.6 Å². The minimum Gasteiger partial charge on any atom is -0.497 e. The highest BCUT2D eigenvalue weighted by atomic mass is 32.1. The zero-order valence-electron chi connectivity index (χ0n) is 16.6. The molecule has 0 aliphatic carbocycles. The molecule has 1 N–H and O–H groups in total. The molecule has 0 atom stereocenters. The number of carbonyl (C=O) groups excluding carboxylic acids is 1. The summed E-state index contributed by atoms with van der Waals surface area (Å²) in [7, 11) is 6.32. The number of carbonyl (C=O) groups is 1. The van der Waals surface area contributed by atoms with Gasteiger partial charge in [-0.15, -0.1) is 11.3 Å². The number of methoxy groups -OCH3 is 4. The van der Waals surface area contributed by atoms with E-state index in [0.29, 0.717) is 28.1 Å². The second-order valence-electron chi connectivity index (χ2n) is 6.01. The van der Waals surface area contributed by atoms with Crippen LogP contribution in [0.1, 0.15) is 5.56 Å². The molecule has 0 saturated heterocycles. The van der Waals surface area contributed by atoms with Crippen LogP contribution < -0.4 is 24.3 Å². The van der Waals surface area contributed by atoms with Gasteiger partial charge >= 0.3 is 0 Å². The molecule has 3 aromatic rings. The maximum absolute atomic E-state index is 12.5. The van der Waals surface area contributed by atoms with Crippen molar-refractivity contribution in [1.29, 1.82) is 0 Å². The first kappa shape index (κ1) is 20.5. The van der Waals surface area contributed by atoms with Gasteiger partial charge in [0.2, 0.25) is 5.91 Å². The molecule has 0 spiro atoms. The van der Waals surface area contributed by atoms with Crippen molar-refractivity contribution in [2.45, 2.75) is 6.42 Å². The molecule has 0 aliphatic heterocycles. The van der Waals surface area contributed by atoms with Gasteiger partial charge in [0.1, 0.15) is 11.5 Å². The Bertz CT molecular complexity index is 1000. The number of benzene rings is 2. The molecule has 29 heavy (non-hydrogen) atoms. The highest BCUT2D eigenvalue weighted by Crippen LogP contribution is 2.33. The summed E-state index contributed by atoms with van der Waals surface area (Å²) < 4.78 is 21.1. The minimum absolute atomic E-state index is 0.165. The zero-order chi connectivity index (χ0) is 20.8. The summed E-state index contributed by atoms with van der Waals surface area (Å²) in [4.78, 5) is 17.0. The van der Waals surface area contributed by atoms with Gasteiger partial charge in [0.25, 0.3) is 0 Å². The Balaban J connectivity index is 1.71. The molecular formula is C21H22N2O5S. The summed E-state index contributed by atoms with van der Waals surface area (Å²) in [6, 6.07) is 10.9. The number of thiazole rings is 1. The maximum Gasteiger partial charge on any atom is 0.230 e. The van der Waals surface area contributed by atoms with Gasteiger partial charge in [-0.3, -0.25) is 4.79 Å². The van der Waals surface area contributed by atoms with E-state index in [1.165, 1.54) is 11.3 Å². The molecule has 1 heterocycles. The van der Waals surface area contributed by atoms with Crippen LogP contribution in [-0.4, -0.2) is 39.3 Å². The fourth-order valence-electron chi connectivity index (χ4n) is 2.79. The van der Waals surface area contributed by atoms with Crippen LogP contribution in [0.2, 0.25) is 0 Å². The van der Waals surface area contributed by atoms with Crippen molar-refractivity contribution in [1.82, 2.24) is 4.98 Å². The molecule has 7 nitrogen and oxygen atoms in total. The van der Waals surface area contributed by atoms with E-state index in [1.807, 2.05) is 29.6 Å². The van der Waals surface area contributed by atoms with Crippen molar-refractivity contribution in [2.75, 3.05) is 33.8 Å². The van der Waals surface area contributed by atoms with Crippen molar-refractivity contribution in [2.24, 2.45) is 0 Å². The Morgan fingerprint density at radius 3 is 2.38 bits per heavy atom. The number of amides is 1. The first-order valence-electron chi connectivity index (χ1n) is 8.76. The van der Waals surface area contributed by atoms with Gasteiger partial charge in [0, 0.05) is 22.6 Å². The number of hydrogen-bond donors (Lipinski definition) is 1. The molecule has 1 amide bonds. The Hall–Kier alpha value is -3.26. The minimum atomic E-state index is -0.179. The number of rotatable bonds is 8. The lowest BCUT2D eigenvalue weighted by atomic mass is 10.1. The number of nitrogens with zero attached hydrogens (tertiary/aromatic N) is 1. The second-order valence-corrected chi connectivity index (χ2v) is 6.87. The van der Waals surface area contributed by atoms with E-state index < -0.39 is 0 Å². The van der Waals surface area contributed by atoms with Gasteiger partial charge in [0.05, 0.1) is 40.6 Å². The van der Waals surface area contributed by atoms with Gasteiger partial charge < -0.3 is 24.3 Å². The molecule has 0 unspecified atom stereocenters. The first-order valence-corrected chi connectivity index (χ1v) is 9.64. The summed E-state index contributed by atoms with van der Waals surface area (Å²) in [6.45, 7) is 0. The summed E-state index contributed by atoms with van der Waals surface area (Å²) in [5, 5.41) is 5.24. The van der Waals surface area contributed by atoms with E-state index in [0.717, 1.165) is 16.8 Å². The Morgan fingerprint density at radius 2 is 1.69 bits per heavy atom. The first-order chi connectivity index (χ1) is 14.1. The molecule has 1 aromatic heterocycles. The molecule has 0 saturated carbocycles. The molecule has 0 bridgehead atoms. The van der Waals surface area contributed by atoms with Crippen molar-refractivity contribution in [3.8, 4) is 34.3 Å². The largest absolute Gasteiger partial charge is 0.497 e. The summed E-state index contributed by atoms with van der Waals surface area (Å²) in [6.07, 6.45) is 0.165. The van der Waals surface area contributed by atoms with Crippen LogP contribution in [0.15, 0.2) is 41.8 Å². The van der Waals surface area contributed by atoms with Gasteiger partial charge in [-0.25, -0.2) is 4.98 Å². The third kappa shape index (κ3) is 4.78. The van der Waals surface area contributed by atoms with E-state index >= 15 is 0 Å². The standard InChI is InChI=1S/C21H22N2O5S/c1-25-15-7-5-14(18(11-15)27-3)10-20(24)23-21-22-16(12-29-21)13-6-8-17(26-2)19(9-13)28-4/h5-9,11-12H,10H2,1-4H3,(H,22,23,24). The Morgan fingerprint density at radius 1 is 0.931 bits per heavy atom. The average molecular weight is 414 g/mol. The normalized spacial score (nSPS) is 10.3. The van der Waals surface area contributed by atoms with Crippen LogP contribution in [0, 0.1) is 0 Å². The highest BCUT2D eigenvalue weighted by molar-refractivity contribution is 7.14. The molecular weight excluding hydrogens is 392 g/mol. The van der Waals surface area contributed by atoms with Gasteiger partial charge in [-0.2, -0.15) is 0 Å². The van der Waals surface area contributed by atoms with Gasteiger partial charge in [-0.05, 0) is 24.3 Å². The van der Waals surface area contributed by atoms with Crippen LogP contribution in [0.5, 0.6) is 23.0 Å². The lowest BCUT2D eigenvalue weighted by molar-refractivity contribution is -0.115. The number of anilines is 1. The number of hydrogen-bond acceptors (Lipinski definition) is 7. The Kier molecular flexibility index (Phi) is 6.56. The second kappa shape index (κ2) is 9.29. The van der Waals surface area contributed by atoms with E-state index in [2.05, 4.69) is 10.3 Å². The fraction of sp³-hybridized carbons (Fsp3) is 0.238. The predicted octanol–water partition coefficient (Wildman–Crippen LogP) is 4.03. The van der Waals surface area contributed by atoms with Crippen LogP contribution >= 0.6 is 11.3 Å². The SMILES string of the molecule is COc1ccc(CC(=O)Nc2nc(-c3ccc(OC)c(OC)c3)cs2)c(OC)c1. The topological polar surface area (TPSA) is 78.9 Å². The summed E-state index contributed by atoms with van der Waals surface area (Å²) in [5.74, 6) is 2.36. The lowest BCUT2D eigenvalue weighted by Crippen LogP contribution is -2.14. The number of nitrogens with one attached hydrogen (secondary N) is 1. The van der Waals surface area contributed by atoms with E-state index in [4.69, 9.17) is 18.9 Å². The average Bonchev–Trinajstić information content (AvgIpc) is 3.21. The van der Waals surface area contributed by atoms with E-state index in [1.54, 1.807) is 40.6 Å². The molecule has 0 aliphatic rings. The highest BCUT2D eigenvalue weighted by Gasteiger charge is 2.13. The summed E-state index contributed by atoms with van der Waals surface area (Å²) in [5.41, 5.74) is 2.38. The van der Waals surface area contributed by atoms with E-state index in [9.17, 15) is 4.79 Å².